The van der Waals surface area contributed by atoms with Crippen LogP contribution in [0.2, 0.25) is 0 Å². The molecular weight excluding hydrogens is 337 g/mol. The Morgan fingerprint density at radius 2 is 1.80 bits per heavy atom. The third kappa shape index (κ3) is 4.97. The smallest absolute Gasteiger partial charge is 0.416 e. The lowest BCUT2D eigenvalue weighted by atomic mass is 10.2. The van der Waals surface area contributed by atoms with Crippen molar-refractivity contribution < 1.29 is 27.5 Å². The molecule has 0 fully saturated rings. The van der Waals surface area contributed by atoms with E-state index in [1.165, 1.54) is 25.3 Å². The summed E-state index contributed by atoms with van der Waals surface area (Å²) in [6.07, 6.45) is -4.49. The van der Waals surface area contributed by atoms with E-state index in [1.54, 1.807) is 18.2 Å². The van der Waals surface area contributed by atoms with Gasteiger partial charge in [0.1, 0.15) is 0 Å². The topological polar surface area (TPSA) is 67.4 Å². The Bertz CT molecular complexity index is 776. The van der Waals surface area contributed by atoms with Crippen LogP contribution >= 0.6 is 0 Å². The van der Waals surface area contributed by atoms with Crippen LogP contribution in [-0.2, 0) is 15.7 Å². The number of para-hydroxylation sites is 1. The summed E-state index contributed by atoms with van der Waals surface area (Å²) in [5.41, 5.74) is -0.192. The van der Waals surface area contributed by atoms with E-state index in [2.05, 4.69) is 15.4 Å². The lowest BCUT2D eigenvalue weighted by molar-refractivity contribution is -0.137. The molecular formula is C17H15F3N2O3. The van der Waals surface area contributed by atoms with E-state index in [0.29, 0.717) is 5.69 Å². The van der Waals surface area contributed by atoms with Crippen molar-refractivity contribution in [3.63, 3.8) is 0 Å². The summed E-state index contributed by atoms with van der Waals surface area (Å²) in [6, 6.07) is 10.7. The predicted octanol–water partition coefficient (Wildman–Crippen LogP) is 3.54. The Balaban J connectivity index is 2.02. The van der Waals surface area contributed by atoms with Crippen LogP contribution in [0.3, 0.4) is 0 Å². The molecule has 2 aromatic carbocycles. The van der Waals surface area contributed by atoms with Crippen molar-refractivity contribution in [1.29, 1.82) is 0 Å². The molecule has 2 rings (SSSR count). The number of anilines is 2. The summed E-state index contributed by atoms with van der Waals surface area (Å²) in [6.45, 7) is -0.232. The average Bonchev–Trinajstić information content (AvgIpc) is 2.59. The number of hydrogen-bond donors (Lipinski definition) is 2. The van der Waals surface area contributed by atoms with E-state index in [1.807, 2.05) is 0 Å². The van der Waals surface area contributed by atoms with Crippen LogP contribution in [0.15, 0.2) is 48.5 Å². The molecule has 0 saturated carbocycles. The highest BCUT2D eigenvalue weighted by Gasteiger charge is 2.30. The number of nitrogens with one attached hydrogen (secondary N) is 2. The Kier molecular flexibility index (Phi) is 5.63. The minimum atomic E-state index is -4.49. The molecule has 1 amide bonds. The predicted molar refractivity (Wildman–Crippen MR) is 86.3 cm³/mol. The van der Waals surface area contributed by atoms with E-state index >= 15 is 0 Å². The first-order valence-electron chi connectivity index (χ1n) is 7.19. The van der Waals surface area contributed by atoms with Gasteiger partial charge in [0.2, 0.25) is 5.91 Å². The molecule has 0 aromatic heterocycles. The van der Waals surface area contributed by atoms with Crippen molar-refractivity contribution in [1.82, 2.24) is 0 Å². The number of methoxy groups -OCH3 is 1. The van der Waals surface area contributed by atoms with Crippen LogP contribution in [0.5, 0.6) is 0 Å². The zero-order valence-corrected chi connectivity index (χ0v) is 13.2. The molecule has 0 saturated heterocycles. The van der Waals surface area contributed by atoms with Gasteiger partial charge in [-0.05, 0) is 30.3 Å². The molecule has 5 nitrogen and oxygen atoms in total. The van der Waals surface area contributed by atoms with Crippen molar-refractivity contribution in [3.05, 3.63) is 59.7 Å². The SMILES string of the molecule is COC(=O)c1ccccc1NCC(=O)Nc1cccc(C(F)(F)F)c1. The summed E-state index contributed by atoms with van der Waals surface area (Å²) in [7, 11) is 1.24. The standard InChI is InChI=1S/C17H15F3N2O3/c1-25-16(24)13-7-2-3-8-14(13)21-10-15(23)22-12-6-4-5-11(9-12)17(18,19)20/h2-9,21H,10H2,1H3,(H,22,23). The monoisotopic (exact) mass is 352 g/mol. The maximum absolute atomic E-state index is 12.7. The van der Waals surface area contributed by atoms with Gasteiger partial charge in [0, 0.05) is 11.4 Å². The van der Waals surface area contributed by atoms with Gasteiger partial charge >= 0.3 is 12.1 Å². The van der Waals surface area contributed by atoms with E-state index < -0.39 is 23.6 Å². The highest BCUT2D eigenvalue weighted by Crippen LogP contribution is 2.30. The second-order valence-corrected chi connectivity index (χ2v) is 5.02. The van der Waals surface area contributed by atoms with Gasteiger partial charge in [0.15, 0.2) is 0 Å². The number of carbonyl (C=O) groups excluding carboxylic acids is 2. The minimum absolute atomic E-state index is 0.0304. The quantitative estimate of drug-likeness (QED) is 0.808. The first-order valence-corrected chi connectivity index (χ1v) is 7.19. The van der Waals surface area contributed by atoms with Crippen molar-refractivity contribution in [3.8, 4) is 0 Å². The lowest BCUT2D eigenvalue weighted by Crippen LogP contribution is -2.23. The van der Waals surface area contributed by atoms with Crippen LogP contribution in [-0.4, -0.2) is 25.5 Å². The van der Waals surface area contributed by atoms with Gasteiger partial charge in [0.25, 0.3) is 0 Å². The van der Waals surface area contributed by atoms with Crippen LogP contribution in [0.25, 0.3) is 0 Å². The van der Waals surface area contributed by atoms with Crippen molar-refractivity contribution in [2.24, 2.45) is 0 Å². The van der Waals surface area contributed by atoms with Gasteiger partial charge in [-0.15, -0.1) is 0 Å². The Morgan fingerprint density at radius 3 is 2.48 bits per heavy atom. The highest BCUT2D eigenvalue weighted by atomic mass is 19.4. The summed E-state index contributed by atoms with van der Waals surface area (Å²) in [5.74, 6) is -1.12. The lowest BCUT2D eigenvalue weighted by Gasteiger charge is -2.12. The first kappa shape index (κ1) is 18.3. The first-order chi connectivity index (χ1) is 11.8. The highest BCUT2D eigenvalue weighted by molar-refractivity contribution is 5.98. The number of alkyl halides is 3. The molecule has 0 spiro atoms. The molecule has 0 heterocycles. The third-order valence-electron chi connectivity index (χ3n) is 3.25. The second-order valence-electron chi connectivity index (χ2n) is 5.02. The summed E-state index contributed by atoms with van der Waals surface area (Å²) in [4.78, 5) is 23.6. The van der Waals surface area contributed by atoms with E-state index in [-0.39, 0.29) is 17.8 Å². The zero-order valence-electron chi connectivity index (χ0n) is 13.2. The minimum Gasteiger partial charge on any atom is -0.465 e. The maximum atomic E-state index is 12.7. The maximum Gasteiger partial charge on any atom is 0.416 e. The number of halogens is 3. The van der Waals surface area contributed by atoms with Crippen molar-refractivity contribution >= 4 is 23.3 Å². The fourth-order valence-corrected chi connectivity index (χ4v) is 2.08. The largest absolute Gasteiger partial charge is 0.465 e. The molecule has 0 radical (unpaired) electrons. The van der Waals surface area contributed by atoms with Crippen LogP contribution in [0.4, 0.5) is 24.5 Å². The number of esters is 1. The summed E-state index contributed by atoms with van der Waals surface area (Å²) >= 11 is 0. The molecule has 2 aromatic rings. The molecule has 132 valence electrons. The molecule has 0 aliphatic carbocycles. The van der Waals surface area contributed by atoms with E-state index in [4.69, 9.17) is 0 Å². The Hall–Kier alpha value is -3.03. The molecule has 0 bridgehead atoms. The zero-order chi connectivity index (χ0) is 18.4. The van der Waals surface area contributed by atoms with Gasteiger partial charge < -0.3 is 15.4 Å². The van der Waals surface area contributed by atoms with Crippen molar-refractivity contribution in [2.75, 3.05) is 24.3 Å². The number of rotatable bonds is 5. The molecule has 0 unspecified atom stereocenters. The fourth-order valence-electron chi connectivity index (χ4n) is 2.08. The van der Waals surface area contributed by atoms with Gasteiger partial charge in [-0.3, -0.25) is 4.79 Å². The number of carbonyl (C=O) groups is 2. The van der Waals surface area contributed by atoms with Gasteiger partial charge in [-0.2, -0.15) is 13.2 Å². The second kappa shape index (κ2) is 7.69. The number of hydrogen-bond acceptors (Lipinski definition) is 4. The van der Waals surface area contributed by atoms with E-state index in [9.17, 15) is 22.8 Å². The Labute approximate surface area is 141 Å². The molecule has 25 heavy (non-hydrogen) atoms. The molecule has 8 heteroatoms. The van der Waals surface area contributed by atoms with Gasteiger partial charge in [0.05, 0.1) is 24.8 Å². The number of ether oxygens (including phenoxy) is 1. The normalized spacial score (nSPS) is 10.9. The van der Waals surface area contributed by atoms with Crippen LogP contribution in [0, 0.1) is 0 Å². The third-order valence-corrected chi connectivity index (χ3v) is 3.25. The van der Waals surface area contributed by atoms with Crippen LogP contribution < -0.4 is 10.6 Å². The fraction of sp³-hybridized carbons (Fsp3) is 0.176. The van der Waals surface area contributed by atoms with Gasteiger partial charge in [-0.1, -0.05) is 18.2 Å². The van der Waals surface area contributed by atoms with Crippen LogP contribution in [0.1, 0.15) is 15.9 Å². The summed E-state index contributed by atoms with van der Waals surface area (Å²) < 4.78 is 42.6. The van der Waals surface area contributed by atoms with Gasteiger partial charge in [-0.25, -0.2) is 4.79 Å². The molecule has 0 atom stereocenters. The van der Waals surface area contributed by atoms with E-state index in [0.717, 1.165) is 12.1 Å². The molecule has 2 N–H and O–H groups in total. The molecule has 0 aliphatic rings. The summed E-state index contributed by atoms with van der Waals surface area (Å²) in [5, 5.41) is 5.13. The molecule has 0 aliphatic heterocycles. The van der Waals surface area contributed by atoms with Crippen molar-refractivity contribution in [2.45, 2.75) is 6.18 Å². The number of amides is 1. The number of benzene rings is 2. The Morgan fingerprint density at radius 1 is 1.08 bits per heavy atom. The average molecular weight is 352 g/mol.